The lowest BCUT2D eigenvalue weighted by atomic mass is 9.99. The van der Waals surface area contributed by atoms with Gasteiger partial charge in [-0.1, -0.05) is 12.1 Å². The Morgan fingerprint density at radius 1 is 1.03 bits per heavy atom. The molecule has 0 fully saturated rings. The van der Waals surface area contributed by atoms with Crippen LogP contribution in [0.2, 0.25) is 0 Å². The fourth-order valence-corrected chi connectivity index (χ4v) is 3.91. The van der Waals surface area contributed by atoms with Crippen LogP contribution in [0, 0.1) is 0 Å². The Bertz CT molecular complexity index is 1150. The first-order chi connectivity index (χ1) is 14.7. The summed E-state index contributed by atoms with van der Waals surface area (Å²) in [5, 5.41) is 2.71. The Kier molecular flexibility index (Phi) is 6.62. The summed E-state index contributed by atoms with van der Waals surface area (Å²) in [4.78, 5) is 46.7. The van der Waals surface area contributed by atoms with E-state index >= 15 is 0 Å². The van der Waals surface area contributed by atoms with Gasteiger partial charge in [0.25, 0.3) is 0 Å². The zero-order valence-corrected chi connectivity index (χ0v) is 17.5. The number of aryl methyl sites for hydroxylation is 1. The minimum atomic E-state index is -3.98. The quantitative estimate of drug-likeness (QED) is 0.465. The number of nitrogens with one attached hydrogen (secondary N) is 2. The normalized spacial score (nSPS) is 13.1. The van der Waals surface area contributed by atoms with Crippen LogP contribution in [-0.4, -0.2) is 45.0 Å². The molecule has 1 aliphatic heterocycles. The minimum absolute atomic E-state index is 0.0854. The number of sulfonamides is 1. The third-order valence-corrected chi connectivity index (χ3v) is 6.08. The predicted octanol–water partition coefficient (Wildman–Crippen LogP) is 1.48. The van der Waals surface area contributed by atoms with E-state index in [1.807, 2.05) is 0 Å². The zero-order valence-electron chi connectivity index (χ0n) is 16.6. The van der Waals surface area contributed by atoms with Crippen LogP contribution in [0.15, 0.2) is 47.4 Å². The maximum Gasteiger partial charge on any atom is 0.321 e. The number of rotatable bonds is 8. The van der Waals surface area contributed by atoms with E-state index in [2.05, 4.69) is 10.0 Å². The van der Waals surface area contributed by atoms with Crippen LogP contribution in [0.3, 0.4) is 0 Å². The van der Waals surface area contributed by atoms with Crippen molar-refractivity contribution in [2.24, 2.45) is 0 Å². The van der Waals surface area contributed by atoms with Crippen LogP contribution in [0.5, 0.6) is 0 Å². The topological polar surface area (TPSA) is 136 Å². The number of hydrogen-bond donors (Lipinski definition) is 2. The number of fused-ring (bicyclic) bond motifs is 1. The highest BCUT2D eigenvalue weighted by Gasteiger charge is 2.19. The maximum atomic E-state index is 12.3. The molecule has 0 aliphatic carbocycles. The van der Waals surface area contributed by atoms with E-state index < -0.39 is 34.9 Å². The Morgan fingerprint density at radius 2 is 1.71 bits per heavy atom. The van der Waals surface area contributed by atoms with Crippen LogP contribution in [0.4, 0.5) is 5.69 Å². The van der Waals surface area contributed by atoms with Crippen molar-refractivity contribution in [3.63, 3.8) is 0 Å². The first kappa shape index (κ1) is 22.3. The molecule has 2 aromatic rings. The molecule has 2 N–H and O–H groups in total. The van der Waals surface area contributed by atoms with Gasteiger partial charge in [-0.25, -0.2) is 8.42 Å². The summed E-state index contributed by atoms with van der Waals surface area (Å²) in [5.74, 6) is -1.65. The number of esters is 1. The minimum Gasteiger partial charge on any atom is -0.456 e. The zero-order chi connectivity index (χ0) is 22.6. The second kappa shape index (κ2) is 9.19. The SMILES string of the molecule is CC(=O)c1ccc(S(=O)(=O)NCC(=O)OCC(=O)c2ccc3c(c2)CCC(=O)N3)cc1. The van der Waals surface area contributed by atoms with Crippen molar-refractivity contribution in [2.75, 3.05) is 18.5 Å². The van der Waals surface area contributed by atoms with Crippen molar-refractivity contribution in [3.05, 3.63) is 59.2 Å². The summed E-state index contributed by atoms with van der Waals surface area (Å²) in [7, 11) is -3.98. The number of carbonyl (C=O) groups is 4. The Labute approximate surface area is 178 Å². The molecule has 1 amide bonds. The highest BCUT2D eigenvalue weighted by molar-refractivity contribution is 7.89. The number of anilines is 1. The number of benzene rings is 2. The molecule has 0 spiro atoms. The third-order valence-electron chi connectivity index (χ3n) is 4.66. The van der Waals surface area contributed by atoms with Crippen LogP contribution in [0.1, 0.15) is 39.6 Å². The van der Waals surface area contributed by atoms with Gasteiger partial charge in [0, 0.05) is 23.2 Å². The largest absolute Gasteiger partial charge is 0.456 e. The number of ketones is 2. The number of Topliss-reactive ketones (excluding diaryl/α,β-unsaturated/α-hetero) is 2. The molecule has 0 radical (unpaired) electrons. The van der Waals surface area contributed by atoms with E-state index in [1.54, 1.807) is 12.1 Å². The molecule has 31 heavy (non-hydrogen) atoms. The molecule has 0 bridgehead atoms. The predicted molar refractivity (Wildman–Crippen MR) is 110 cm³/mol. The highest BCUT2D eigenvalue weighted by Crippen LogP contribution is 2.23. The van der Waals surface area contributed by atoms with Crippen molar-refractivity contribution < 1.29 is 32.3 Å². The second-order valence-corrected chi connectivity index (χ2v) is 8.68. The second-order valence-electron chi connectivity index (χ2n) is 6.91. The molecule has 0 saturated carbocycles. The van der Waals surface area contributed by atoms with Crippen molar-refractivity contribution in [1.82, 2.24) is 4.72 Å². The van der Waals surface area contributed by atoms with Crippen LogP contribution in [0.25, 0.3) is 0 Å². The van der Waals surface area contributed by atoms with Crippen molar-refractivity contribution >= 4 is 39.2 Å². The number of hydrogen-bond acceptors (Lipinski definition) is 7. The summed E-state index contributed by atoms with van der Waals surface area (Å²) in [5.41, 5.74) is 2.16. The molecular weight excluding hydrogens is 424 g/mol. The molecule has 1 heterocycles. The average Bonchev–Trinajstić information content (AvgIpc) is 2.75. The van der Waals surface area contributed by atoms with E-state index in [-0.39, 0.29) is 16.6 Å². The molecule has 0 unspecified atom stereocenters. The summed E-state index contributed by atoms with van der Waals surface area (Å²) in [6.45, 7) is 0.167. The smallest absolute Gasteiger partial charge is 0.321 e. The number of carbonyl (C=O) groups excluding carboxylic acids is 4. The van der Waals surface area contributed by atoms with Gasteiger partial charge < -0.3 is 10.1 Å². The maximum absolute atomic E-state index is 12.3. The molecule has 162 valence electrons. The molecule has 2 aromatic carbocycles. The summed E-state index contributed by atoms with van der Waals surface area (Å²) < 4.78 is 31.4. The van der Waals surface area contributed by atoms with Gasteiger partial charge in [-0.05, 0) is 49.2 Å². The van der Waals surface area contributed by atoms with Crippen LogP contribution in [-0.2, 0) is 30.8 Å². The van der Waals surface area contributed by atoms with Gasteiger partial charge in [0.05, 0.1) is 4.90 Å². The lowest BCUT2D eigenvalue weighted by molar-refractivity contribution is -0.141. The first-order valence-corrected chi connectivity index (χ1v) is 10.9. The van der Waals surface area contributed by atoms with Gasteiger partial charge in [-0.2, -0.15) is 4.72 Å². The number of ether oxygens (including phenoxy) is 1. The summed E-state index contributed by atoms with van der Waals surface area (Å²) in [6.07, 6.45) is 0.842. The highest BCUT2D eigenvalue weighted by atomic mass is 32.2. The molecule has 0 saturated heterocycles. The van der Waals surface area contributed by atoms with Gasteiger partial charge in [-0.15, -0.1) is 0 Å². The fraction of sp³-hybridized carbons (Fsp3) is 0.238. The standard InChI is InChI=1S/C21H20N2O7S/c1-13(24)14-2-6-17(7-3-14)31(28,29)22-11-21(27)30-12-19(25)16-4-8-18-15(10-16)5-9-20(26)23-18/h2-4,6-8,10,22H,5,9,11-12H2,1H3,(H,23,26). The molecule has 1 aliphatic rings. The van der Waals surface area contributed by atoms with Gasteiger partial charge in [0.1, 0.15) is 6.54 Å². The fourth-order valence-electron chi connectivity index (χ4n) is 2.94. The van der Waals surface area contributed by atoms with E-state index in [0.29, 0.717) is 29.7 Å². The van der Waals surface area contributed by atoms with Crippen molar-refractivity contribution in [1.29, 1.82) is 0 Å². The van der Waals surface area contributed by atoms with Gasteiger partial charge in [0.15, 0.2) is 18.2 Å². The summed E-state index contributed by atoms with van der Waals surface area (Å²) >= 11 is 0. The molecule has 3 rings (SSSR count). The summed E-state index contributed by atoms with van der Waals surface area (Å²) in [6, 6.07) is 10.0. The molecule has 0 atom stereocenters. The molecular formula is C21H20N2O7S. The van der Waals surface area contributed by atoms with E-state index in [4.69, 9.17) is 4.74 Å². The monoisotopic (exact) mass is 444 g/mol. The Balaban J connectivity index is 1.52. The average molecular weight is 444 g/mol. The molecule has 10 heteroatoms. The lowest BCUT2D eigenvalue weighted by Crippen LogP contribution is -2.31. The van der Waals surface area contributed by atoms with E-state index in [1.165, 1.54) is 37.3 Å². The van der Waals surface area contributed by atoms with Crippen molar-refractivity contribution in [2.45, 2.75) is 24.7 Å². The van der Waals surface area contributed by atoms with Crippen molar-refractivity contribution in [3.8, 4) is 0 Å². The first-order valence-electron chi connectivity index (χ1n) is 9.38. The Morgan fingerprint density at radius 3 is 2.39 bits per heavy atom. The van der Waals surface area contributed by atoms with Crippen LogP contribution >= 0.6 is 0 Å². The third kappa shape index (κ3) is 5.62. The van der Waals surface area contributed by atoms with Gasteiger partial charge >= 0.3 is 5.97 Å². The number of amides is 1. The van der Waals surface area contributed by atoms with Gasteiger partial charge in [0.2, 0.25) is 15.9 Å². The molecule has 0 aromatic heterocycles. The van der Waals surface area contributed by atoms with Gasteiger partial charge in [-0.3, -0.25) is 19.2 Å². The van der Waals surface area contributed by atoms with E-state index in [9.17, 15) is 27.6 Å². The van der Waals surface area contributed by atoms with E-state index in [0.717, 1.165) is 5.56 Å². The molecule has 9 nitrogen and oxygen atoms in total. The van der Waals surface area contributed by atoms with Crippen LogP contribution < -0.4 is 10.0 Å². The Hall–Kier alpha value is -3.37. The lowest BCUT2D eigenvalue weighted by Gasteiger charge is -2.17.